The molecule has 1 fully saturated rings. The van der Waals surface area contributed by atoms with E-state index in [9.17, 15) is 22.8 Å². The standard InChI is InChI=1S/C21H23F3N4O2.ClH/c1-26(2)16-6-4-15(5-7-16)19(29)27-10-3-11-28(13-12-27)20(30)17-14-25-9-8-18(17)21(22,23)24;/h4-9,14H,3,10-13H2,1-2H3;1H. The van der Waals surface area contributed by atoms with Gasteiger partial charge in [0.2, 0.25) is 0 Å². The molecule has 168 valence electrons. The zero-order chi connectivity index (χ0) is 21.9. The van der Waals surface area contributed by atoms with E-state index in [1.54, 1.807) is 17.0 Å². The lowest BCUT2D eigenvalue weighted by Crippen LogP contribution is -2.38. The third kappa shape index (κ3) is 5.66. The normalized spacial score (nSPS) is 14.5. The van der Waals surface area contributed by atoms with Crippen LogP contribution in [0.1, 0.15) is 32.7 Å². The molecule has 2 aromatic rings. The van der Waals surface area contributed by atoms with E-state index in [0.717, 1.165) is 24.1 Å². The van der Waals surface area contributed by atoms with Crippen LogP contribution in [0.5, 0.6) is 0 Å². The van der Waals surface area contributed by atoms with E-state index in [2.05, 4.69) is 4.98 Å². The summed E-state index contributed by atoms with van der Waals surface area (Å²) in [6, 6.07) is 8.00. The Morgan fingerprint density at radius 3 is 2.06 bits per heavy atom. The lowest BCUT2D eigenvalue weighted by molar-refractivity contribution is -0.138. The Bertz CT molecular complexity index is 920. The van der Waals surface area contributed by atoms with E-state index >= 15 is 0 Å². The van der Waals surface area contributed by atoms with Gasteiger partial charge in [-0.3, -0.25) is 14.6 Å². The van der Waals surface area contributed by atoms with Crippen molar-refractivity contribution in [2.24, 2.45) is 0 Å². The van der Waals surface area contributed by atoms with Crippen LogP contribution >= 0.6 is 12.4 Å². The Hall–Kier alpha value is -2.81. The molecular formula is C21H24ClF3N4O2. The number of carbonyl (C=O) groups is 2. The monoisotopic (exact) mass is 456 g/mol. The number of hydrogen-bond acceptors (Lipinski definition) is 4. The largest absolute Gasteiger partial charge is 0.417 e. The number of amides is 2. The van der Waals surface area contributed by atoms with Crippen LogP contribution in [-0.4, -0.2) is 66.9 Å². The molecule has 10 heteroatoms. The zero-order valence-corrected chi connectivity index (χ0v) is 18.0. The van der Waals surface area contributed by atoms with Crippen LogP contribution in [-0.2, 0) is 6.18 Å². The van der Waals surface area contributed by atoms with Crippen LogP contribution in [0.4, 0.5) is 18.9 Å². The van der Waals surface area contributed by atoms with Gasteiger partial charge in [-0.25, -0.2) is 0 Å². The molecule has 0 unspecified atom stereocenters. The first-order valence-electron chi connectivity index (χ1n) is 9.55. The third-order valence-corrected chi connectivity index (χ3v) is 5.06. The molecule has 0 spiro atoms. The van der Waals surface area contributed by atoms with Crippen LogP contribution < -0.4 is 4.90 Å². The summed E-state index contributed by atoms with van der Waals surface area (Å²) in [6.07, 6.45) is -2.19. The fourth-order valence-electron chi connectivity index (χ4n) is 3.39. The zero-order valence-electron chi connectivity index (χ0n) is 17.2. The maximum atomic E-state index is 13.2. The molecule has 0 atom stereocenters. The third-order valence-electron chi connectivity index (χ3n) is 5.06. The van der Waals surface area contributed by atoms with Crippen molar-refractivity contribution in [1.29, 1.82) is 0 Å². The predicted molar refractivity (Wildman–Crippen MR) is 114 cm³/mol. The van der Waals surface area contributed by atoms with Crippen molar-refractivity contribution in [2.45, 2.75) is 12.6 Å². The summed E-state index contributed by atoms with van der Waals surface area (Å²) < 4.78 is 39.7. The smallest absolute Gasteiger partial charge is 0.378 e. The molecule has 1 aromatic heterocycles. The van der Waals surface area contributed by atoms with Crippen molar-refractivity contribution in [1.82, 2.24) is 14.8 Å². The Labute approximate surface area is 185 Å². The number of hydrogen-bond donors (Lipinski definition) is 0. The van der Waals surface area contributed by atoms with Crippen molar-refractivity contribution in [2.75, 3.05) is 45.2 Å². The van der Waals surface area contributed by atoms with E-state index in [0.29, 0.717) is 18.5 Å². The molecule has 1 saturated heterocycles. The van der Waals surface area contributed by atoms with Crippen LogP contribution in [0.3, 0.4) is 0 Å². The Kier molecular flexibility index (Phi) is 7.89. The first-order chi connectivity index (χ1) is 14.2. The molecule has 0 saturated carbocycles. The highest BCUT2D eigenvalue weighted by Gasteiger charge is 2.36. The molecule has 6 nitrogen and oxygen atoms in total. The molecule has 1 aromatic carbocycles. The quantitative estimate of drug-likeness (QED) is 0.708. The van der Waals surface area contributed by atoms with Gasteiger partial charge in [0.1, 0.15) is 0 Å². The first kappa shape index (κ1) is 24.5. The number of rotatable bonds is 3. The highest BCUT2D eigenvalue weighted by molar-refractivity contribution is 5.96. The number of pyridine rings is 1. The molecule has 2 amide bonds. The second kappa shape index (κ2) is 10.00. The Morgan fingerprint density at radius 2 is 1.52 bits per heavy atom. The highest BCUT2D eigenvalue weighted by Crippen LogP contribution is 2.32. The predicted octanol–water partition coefficient (Wildman–Crippen LogP) is 3.58. The van der Waals surface area contributed by atoms with E-state index in [-0.39, 0.29) is 37.9 Å². The summed E-state index contributed by atoms with van der Waals surface area (Å²) in [5.74, 6) is -0.882. The van der Waals surface area contributed by atoms with E-state index in [1.807, 2.05) is 31.1 Å². The van der Waals surface area contributed by atoms with Crippen molar-refractivity contribution in [3.8, 4) is 0 Å². The minimum absolute atomic E-state index is 0. The second-order valence-corrected chi connectivity index (χ2v) is 7.30. The molecule has 2 heterocycles. The van der Waals surface area contributed by atoms with Gasteiger partial charge in [-0.15, -0.1) is 12.4 Å². The van der Waals surface area contributed by atoms with Gasteiger partial charge in [0, 0.05) is 63.9 Å². The topological polar surface area (TPSA) is 56.8 Å². The molecule has 0 aliphatic carbocycles. The molecular weight excluding hydrogens is 433 g/mol. The van der Waals surface area contributed by atoms with E-state index in [1.165, 1.54) is 4.90 Å². The van der Waals surface area contributed by atoms with Crippen LogP contribution in [0, 0.1) is 0 Å². The number of benzene rings is 1. The van der Waals surface area contributed by atoms with Crippen LogP contribution in [0.25, 0.3) is 0 Å². The van der Waals surface area contributed by atoms with Gasteiger partial charge >= 0.3 is 6.18 Å². The summed E-state index contributed by atoms with van der Waals surface area (Å²) in [4.78, 5) is 34.2. The first-order valence-corrected chi connectivity index (χ1v) is 9.55. The molecule has 1 aliphatic heterocycles. The molecule has 0 N–H and O–H groups in total. The van der Waals surface area contributed by atoms with Gasteiger partial charge in [-0.1, -0.05) is 0 Å². The average Bonchev–Trinajstić information content (AvgIpc) is 2.98. The second-order valence-electron chi connectivity index (χ2n) is 7.30. The molecule has 3 rings (SSSR count). The van der Waals surface area contributed by atoms with Gasteiger partial charge in [-0.2, -0.15) is 13.2 Å². The minimum atomic E-state index is -4.64. The molecule has 0 bridgehead atoms. The highest BCUT2D eigenvalue weighted by atomic mass is 35.5. The SMILES string of the molecule is CN(C)c1ccc(C(=O)N2CCCN(C(=O)c3cnccc3C(F)(F)F)CC2)cc1.Cl. The fourth-order valence-corrected chi connectivity index (χ4v) is 3.39. The maximum Gasteiger partial charge on any atom is 0.417 e. The Balaban J connectivity index is 0.00000341. The van der Waals surface area contributed by atoms with Crippen molar-refractivity contribution < 1.29 is 22.8 Å². The van der Waals surface area contributed by atoms with Crippen molar-refractivity contribution in [3.05, 3.63) is 59.4 Å². The molecule has 1 aliphatic rings. The fraction of sp³-hybridized carbons (Fsp3) is 0.381. The number of carbonyl (C=O) groups excluding carboxylic acids is 2. The number of aromatic nitrogens is 1. The van der Waals surface area contributed by atoms with Crippen LogP contribution in [0.2, 0.25) is 0 Å². The van der Waals surface area contributed by atoms with E-state index in [4.69, 9.17) is 0 Å². The number of alkyl halides is 3. The minimum Gasteiger partial charge on any atom is -0.378 e. The summed E-state index contributed by atoms with van der Waals surface area (Å²) in [7, 11) is 3.81. The maximum absolute atomic E-state index is 13.2. The van der Waals surface area contributed by atoms with Crippen LogP contribution in [0.15, 0.2) is 42.7 Å². The molecule has 31 heavy (non-hydrogen) atoms. The number of nitrogens with zero attached hydrogens (tertiary/aromatic N) is 4. The Morgan fingerprint density at radius 1 is 0.935 bits per heavy atom. The molecule has 0 radical (unpaired) electrons. The number of halogens is 4. The van der Waals surface area contributed by atoms with Gasteiger partial charge < -0.3 is 14.7 Å². The van der Waals surface area contributed by atoms with E-state index < -0.39 is 23.2 Å². The number of anilines is 1. The summed E-state index contributed by atoms with van der Waals surface area (Å²) in [5.41, 5.74) is 0.0350. The average molecular weight is 457 g/mol. The van der Waals surface area contributed by atoms with Gasteiger partial charge in [0.25, 0.3) is 11.8 Å². The van der Waals surface area contributed by atoms with Gasteiger partial charge in [0.05, 0.1) is 11.1 Å². The lowest BCUT2D eigenvalue weighted by atomic mass is 10.1. The van der Waals surface area contributed by atoms with Crippen molar-refractivity contribution >= 4 is 29.9 Å². The van der Waals surface area contributed by atoms with Crippen molar-refractivity contribution in [3.63, 3.8) is 0 Å². The van der Waals surface area contributed by atoms with Gasteiger partial charge in [-0.05, 0) is 36.8 Å². The summed E-state index contributed by atoms with van der Waals surface area (Å²) in [5, 5.41) is 0. The lowest BCUT2D eigenvalue weighted by Gasteiger charge is -2.23. The summed E-state index contributed by atoms with van der Waals surface area (Å²) in [6.45, 7) is 1.11. The summed E-state index contributed by atoms with van der Waals surface area (Å²) >= 11 is 0. The van der Waals surface area contributed by atoms with Gasteiger partial charge in [0.15, 0.2) is 0 Å².